The smallest absolute Gasteiger partial charge is 0.407 e. The number of halogens is 1. The van der Waals surface area contributed by atoms with E-state index in [1.165, 1.54) is 60.5 Å². The lowest BCUT2D eigenvalue weighted by Crippen LogP contribution is -2.28. The number of aromatic amines is 1. The zero-order chi connectivity index (χ0) is 94.6. The van der Waals surface area contributed by atoms with E-state index in [-0.39, 0.29) is 56.3 Å². The van der Waals surface area contributed by atoms with Gasteiger partial charge in [-0.2, -0.15) is 15.0 Å². The molecule has 7 aromatic carbocycles. The van der Waals surface area contributed by atoms with E-state index in [0.29, 0.717) is 80.9 Å². The van der Waals surface area contributed by atoms with Crippen LogP contribution in [-0.2, 0) is 56.5 Å². The van der Waals surface area contributed by atoms with Gasteiger partial charge >= 0.3 is 18.0 Å². The summed E-state index contributed by atoms with van der Waals surface area (Å²) in [7, 11) is 7.77. The first-order chi connectivity index (χ1) is 63.4. The minimum atomic E-state index is -0.679. The highest BCUT2D eigenvalue weighted by atomic mass is 79.9. The van der Waals surface area contributed by atoms with Gasteiger partial charge < -0.3 is 86.1 Å². The van der Waals surface area contributed by atoms with E-state index < -0.39 is 29.2 Å². The fourth-order valence-electron chi connectivity index (χ4n) is 12.7. The van der Waals surface area contributed by atoms with Crippen LogP contribution in [0.5, 0.6) is 11.8 Å². The normalized spacial score (nSPS) is 11.6. The van der Waals surface area contributed by atoms with E-state index in [9.17, 15) is 19.2 Å². The van der Waals surface area contributed by atoms with Crippen LogP contribution in [0.4, 0.5) is 45.1 Å². The van der Waals surface area contributed by atoms with Crippen molar-refractivity contribution in [1.29, 1.82) is 0 Å². The number of benzene rings is 7. The molecule has 0 saturated carbocycles. The van der Waals surface area contributed by atoms with Gasteiger partial charge in [0.05, 0.1) is 56.4 Å². The van der Waals surface area contributed by atoms with Gasteiger partial charge in [-0.3, -0.25) is 19.4 Å². The molecule has 0 bridgehead atoms. The van der Waals surface area contributed by atoms with Crippen molar-refractivity contribution in [2.24, 2.45) is 10.7 Å². The van der Waals surface area contributed by atoms with Crippen molar-refractivity contribution in [1.82, 2.24) is 35.2 Å². The molecule has 16 rings (SSSR count). The van der Waals surface area contributed by atoms with Gasteiger partial charge in [-0.1, -0.05) is 94.8 Å². The zero-order valence-corrected chi connectivity index (χ0v) is 80.1. The molecule has 0 unspecified atom stereocenters. The number of likely N-dealkylation sites (N-methyl/N-ethyl adjacent to an activating group) is 4. The predicted octanol–water partition coefficient (Wildman–Crippen LogP) is 19.1. The number of hydrogen-bond acceptors (Lipinski definition) is 30. The zero-order valence-electron chi connectivity index (χ0n) is 74.4. The van der Waals surface area contributed by atoms with Crippen LogP contribution in [0, 0.1) is 13.1 Å². The highest BCUT2D eigenvalue weighted by Crippen LogP contribution is 2.37. The Balaban J connectivity index is 0.000000166. The SMILES string of the molecule is Brc1ccc2ccsc2c1.CN(CCO)c1ccc2cc(C=O)sc2c1.CN(CCO)c1ccc2ccsc2c1.NCc1ccc(COc2nc(N)nc3nc[nH]c23)cc1.[C-]#[N+]/C(=C\c1cc2ccc(N(C)CCO)cc2s1)C(=O)OC(C)(C)C.[C-]#[N+]/C(=C\c1cc2ccc(N(C)CCOC(=O)NCc3ccc(COc4nc(N)nc5c4N=CC5)cc3)cc2s1)C(=O)OC(C)(C)C. The number of fused-ring (bicyclic) bond motifs is 7. The molecule has 9 heterocycles. The van der Waals surface area contributed by atoms with Crippen molar-refractivity contribution in [3.05, 3.63) is 268 Å². The highest BCUT2D eigenvalue weighted by molar-refractivity contribution is 9.10. The van der Waals surface area contributed by atoms with Crippen molar-refractivity contribution >= 4 is 217 Å². The number of thiophene rings is 5. The van der Waals surface area contributed by atoms with Gasteiger partial charge in [0, 0.05) is 134 Å². The van der Waals surface area contributed by atoms with Crippen LogP contribution >= 0.6 is 72.6 Å². The third kappa shape index (κ3) is 29.1. The lowest BCUT2D eigenvalue weighted by molar-refractivity contribution is -0.150. The molecule has 35 heteroatoms. The third-order valence-electron chi connectivity index (χ3n) is 19.5. The van der Waals surface area contributed by atoms with Crippen LogP contribution in [0.3, 0.4) is 0 Å². The Bertz CT molecular complexity index is 6660. The maximum atomic E-state index is 12.4. The fraction of sp³-hybridized carbons (Fsp3) is 0.258. The largest absolute Gasteiger partial charge is 0.471 e. The van der Waals surface area contributed by atoms with E-state index in [1.807, 2.05) is 164 Å². The quantitative estimate of drug-likeness (QED) is 0.00779. The van der Waals surface area contributed by atoms with E-state index in [1.54, 1.807) is 82.6 Å². The molecule has 0 fully saturated rings. The molecule has 1 aliphatic heterocycles. The Kier molecular flexibility index (Phi) is 35.7. The minimum absolute atomic E-state index is 0.0286. The van der Waals surface area contributed by atoms with Crippen molar-refractivity contribution < 1.29 is 58.2 Å². The number of rotatable bonds is 27. The number of anilines is 6. The Hall–Kier alpha value is -13.3. The molecule has 1 amide bonds. The topological polar surface area (TPSA) is 379 Å². The number of H-pyrrole nitrogens is 1. The number of aliphatic hydroxyl groups is 3. The summed E-state index contributed by atoms with van der Waals surface area (Å²) in [4.78, 5) is 92.2. The summed E-state index contributed by atoms with van der Waals surface area (Å²) in [6, 6.07) is 56.3. The Morgan fingerprint density at radius 3 is 1.45 bits per heavy atom. The van der Waals surface area contributed by atoms with Crippen LogP contribution in [0.15, 0.2) is 208 Å². The number of carbonyl (C=O) groups is 4. The molecule has 0 atom stereocenters. The molecular formula is C97H102BrN17O12S5. The number of nitrogen functional groups attached to an aromatic ring is 2. The molecule has 132 heavy (non-hydrogen) atoms. The minimum Gasteiger partial charge on any atom is -0.471 e. The van der Waals surface area contributed by atoms with Gasteiger partial charge in [-0.15, -0.1) is 56.7 Å². The highest BCUT2D eigenvalue weighted by Gasteiger charge is 2.24. The second kappa shape index (κ2) is 47.5. The van der Waals surface area contributed by atoms with Crippen LogP contribution in [-0.4, -0.2) is 168 Å². The number of imidazole rings is 1. The standard InChI is InChI=1S/C34H35N7O5S.C19H22N2O3S.C13H14N6O.C12H13NO2S.C11H13NOS.C8H5BrS/c1-34(2,3)46-31(42)27(36-4)18-25-16-23-10-11-24(17-28(23)47-25)41(5)14-15-44-33(43)38-19-21-6-8-22(9-7-21)20-45-30-29-26(12-13-37-29)39-32(35)40-30;1-19(2,3)24-18(23)16(20-4)12-15-10-13-6-7-14(11-17(13)25-15)21(5)8-9-22;14-5-8-1-3-9(4-2-8)6-20-12-10-11(17-7-16-10)18-13(15)19-12;1-13(4-5-14)10-3-2-9-6-11(8-15)16-12(9)7-10;1-12(5-6-13)10-3-2-9-4-7-14-11(9)8-10;9-7-2-1-6-3-4-10-8(6)5-7/h6-11,13,16-18H,12,14-15,19-20H2,1-3,5H3,(H,38,43)(H2,35,39,40);6-7,10-12,22H,8-9H2,1-3,5H3;1-4,7H,5-6,14H2,(H3,15,16,17,18,19);2-3,6-8,14H,4-5H2,1H3;2-4,7-8,13H,5-6H2,1H3;1-5H/b27-18-;16-12-;;;;. The molecule has 8 aromatic heterocycles. The van der Waals surface area contributed by atoms with Crippen LogP contribution in [0.2, 0.25) is 0 Å². The Labute approximate surface area is 792 Å². The number of nitrogens with two attached hydrogens (primary N) is 3. The summed E-state index contributed by atoms with van der Waals surface area (Å²) in [6.45, 7) is 29.7. The van der Waals surface area contributed by atoms with E-state index in [2.05, 4.69) is 130 Å². The number of alkyl carbamates (subject to hydrolysis) is 1. The number of aliphatic hydroxyl groups excluding tert-OH is 3. The van der Waals surface area contributed by atoms with Crippen LogP contribution in [0.1, 0.15) is 88.9 Å². The Morgan fingerprint density at radius 2 is 0.970 bits per heavy atom. The summed E-state index contributed by atoms with van der Waals surface area (Å²) in [5, 5.41) is 39.5. The average molecular weight is 1940 g/mol. The first kappa shape index (κ1) is 99.3. The van der Waals surface area contributed by atoms with Gasteiger partial charge in [-0.25, -0.2) is 24.5 Å². The van der Waals surface area contributed by atoms with Crippen molar-refractivity contribution in [2.75, 3.05) is 112 Å². The molecule has 11 N–H and O–H groups in total. The van der Waals surface area contributed by atoms with E-state index in [4.69, 9.17) is 69.3 Å². The predicted molar refractivity (Wildman–Crippen MR) is 539 cm³/mol. The summed E-state index contributed by atoms with van der Waals surface area (Å²) in [6.07, 6.45) is 7.39. The van der Waals surface area contributed by atoms with Gasteiger partial charge in [-0.05, 0) is 205 Å². The maximum Gasteiger partial charge on any atom is 0.407 e. The maximum absolute atomic E-state index is 12.4. The number of aromatic nitrogens is 6. The molecule has 29 nitrogen and oxygen atoms in total. The number of esters is 2. The van der Waals surface area contributed by atoms with Gasteiger partial charge in [0.1, 0.15) is 42.2 Å². The van der Waals surface area contributed by atoms with Crippen molar-refractivity contribution in [3.8, 4) is 11.8 Å². The van der Waals surface area contributed by atoms with Crippen molar-refractivity contribution in [2.45, 2.75) is 85.5 Å². The molecule has 0 saturated heterocycles. The summed E-state index contributed by atoms with van der Waals surface area (Å²) in [5.41, 5.74) is 26.2. The van der Waals surface area contributed by atoms with Gasteiger partial charge in [0.25, 0.3) is 11.4 Å². The number of carbonyl (C=O) groups excluding carboxylic acids is 4. The number of aldehydes is 1. The molecule has 0 radical (unpaired) electrons. The number of hydrogen-bond donors (Lipinski definition) is 8. The molecular weight excluding hydrogens is 1840 g/mol. The molecule has 0 aliphatic carbocycles. The number of aliphatic imine (C=N–C) groups is 1. The summed E-state index contributed by atoms with van der Waals surface area (Å²) >= 11 is 11.4. The lowest BCUT2D eigenvalue weighted by Gasteiger charge is -2.19. The van der Waals surface area contributed by atoms with E-state index >= 15 is 0 Å². The average Bonchev–Trinajstić information content (AvgIpc) is 1.68. The number of nitrogens with one attached hydrogen (secondary N) is 2. The lowest BCUT2D eigenvalue weighted by atomic mass is 10.1. The second-order valence-electron chi connectivity index (χ2n) is 31.7. The number of nitrogens with zero attached hydrogens (tertiary/aromatic N) is 12. The molecule has 684 valence electrons. The molecule has 0 spiro atoms. The monoisotopic (exact) mass is 1940 g/mol. The van der Waals surface area contributed by atoms with E-state index in [0.717, 1.165) is 106 Å². The van der Waals surface area contributed by atoms with Gasteiger partial charge in [0.15, 0.2) is 11.9 Å². The number of amides is 1. The summed E-state index contributed by atoms with van der Waals surface area (Å²) < 4.78 is 34.5. The molecule has 15 aromatic rings. The van der Waals surface area contributed by atoms with Gasteiger partial charge in [0.2, 0.25) is 23.7 Å². The Morgan fingerprint density at radius 1 is 0.538 bits per heavy atom. The second-order valence-corrected chi connectivity index (χ2v) is 37.9. The third-order valence-corrected chi connectivity index (χ3v) is 24.8. The fourth-order valence-corrected chi connectivity index (χ4v) is 17.8. The molecule has 1 aliphatic rings. The summed E-state index contributed by atoms with van der Waals surface area (Å²) in [5.74, 6) is -0.197. The van der Waals surface area contributed by atoms with Crippen molar-refractivity contribution in [3.63, 3.8) is 0 Å². The first-order valence-electron chi connectivity index (χ1n) is 41.5. The van der Waals surface area contributed by atoms with Crippen LogP contribution < -0.4 is 51.6 Å². The number of ether oxygens (including phenoxy) is 5. The van der Waals surface area contributed by atoms with Crippen LogP contribution in [0.25, 0.3) is 83.4 Å². The first-order valence-corrected chi connectivity index (χ1v) is 46.5.